The number of phenolic OH excluding ortho intramolecular Hbond substituents is 2. The minimum Gasteiger partial charge on any atom is -0.504 e. The summed E-state index contributed by atoms with van der Waals surface area (Å²) in [7, 11) is 2.06. The Morgan fingerprint density at radius 3 is 2.57 bits per heavy atom. The second-order valence-corrected chi connectivity index (χ2v) is 5.85. The van der Waals surface area contributed by atoms with Gasteiger partial charge in [-0.3, -0.25) is 4.79 Å². The smallest absolute Gasteiger partial charge is 0.157 e. The Hall–Kier alpha value is 1.20. The minimum absolute atomic E-state index is 0. The number of likely N-dealkylation sites (tertiary alicyclic amines) is 1. The second-order valence-electron chi connectivity index (χ2n) is 5.85. The summed E-state index contributed by atoms with van der Waals surface area (Å²) in [6.45, 7) is 0.972. The van der Waals surface area contributed by atoms with Crippen molar-refractivity contribution in [2.45, 2.75) is 37.1 Å². The first-order valence-electron chi connectivity index (χ1n) is 6.77. The van der Waals surface area contributed by atoms with Gasteiger partial charge >= 0.3 is 0 Å². The molecule has 1 aliphatic carbocycles. The van der Waals surface area contributed by atoms with E-state index in [1.807, 2.05) is 6.07 Å². The van der Waals surface area contributed by atoms with Crippen molar-refractivity contribution >= 4 is 5.78 Å². The summed E-state index contributed by atoms with van der Waals surface area (Å²) in [4.78, 5) is 14.0. The number of phenols is 2. The summed E-state index contributed by atoms with van der Waals surface area (Å²) in [6.07, 6.45) is 3.06. The summed E-state index contributed by atoms with van der Waals surface area (Å²) in [5, 5.41) is 19.2. The molecule has 4 nitrogen and oxygen atoms in total. The SMILES string of the molecule is CN1CC[C@]2(c3ccc(O)c(O)c3)CCC(=O)C[C@H]12.[Ce].[Ce]. The van der Waals surface area contributed by atoms with Crippen LogP contribution in [0.1, 0.15) is 31.2 Å². The first kappa shape index (κ1) is 20.2. The molecule has 1 heterocycles. The van der Waals surface area contributed by atoms with Gasteiger partial charge in [-0.2, -0.15) is 0 Å². The Balaban J connectivity index is 0.00000110. The van der Waals surface area contributed by atoms with Crippen LogP contribution in [0.2, 0.25) is 0 Å². The Kier molecular flexibility index (Phi) is 7.57. The van der Waals surface area contributed by atoms with Gasteiger partial charge in [0.05, 0.1) is 0 Å². The number of ketones is 1. The Labute approximate surface area is 192 Å². The normalized spacial score (nSPS) is 28.4. The molecule has 1 aliphatic heterocycles. The predicted octanol–water partition coefficient (Wildman–Crippen LogP) is 1.79. The molecule has 0 aromatic heterocycles. The topological polar surface area (TPSA) is 60.8 Å². The minimum atomic E-state index is -0.0880. The van der Waals surface area contributed by atoms with Crippen LogP contribution in [0.3, 0.4) is 0 Å². The maximum absolute atomic E-state index is 11.7. The van der Waals surface area contributed by atoms with E-state index < -0.39 is 0 Å². The van der Waals surface area contributed by atoms with E-state index in [0.717, 1.165) is 24.9 Å². The molecule has 1 saturated carbocycles. The number of carbonyl (C=O) groups excluding carboxylic acids is 1. The van der Waals surface area contributed by atoms with Crippen LogP contribution in [0.25, 0.3) is 0 Å². The fourth-order valence-corrected chi connectivity index (χ4v) is 3.76. The molecule has 2 atom stereocenters. The average molecular weight is 542 g/mol. The van der Waals surface area contributed by atoms with Gasteiger partial charge in [-0.05, 0) is 44.1 Å². The molecule has 1 aromatic rings. The first-order chi connectivity index (χ1) is 9.03. The predicted molar refractivity (Wildman–Crippen MR) is 71.3 cm³/mol. The maximum Gasteiger partial charge on any atom is 0.157 e. The van der Waals surface area contributed by atoms with E-state index in [-0.39, 0.29) is 106 Å². The van der Waals surface area contributed by atoms with Crippen LogP contribution in [0.15, 0.2) is 18.2 Å². The van der Waals surface area contributed by atoms with Crippen molar-refractivity contribution in [1.82, 2.24) is 4.90 Å². The molecular formula is C15H19Ce2NO3. The van der Waals surface area contributed by atoms with Gasteiger partial charge in [-0.1, -0.05) is 6.07 Å². The monoisotopic (exact) mass is 541 g/mol. The zero-order valence-corrected chi connectivity index (χ0v) is 18.4. The van der Waals surface area contributed by atoms with E-state index in [0.29, 0.717) is 18.6 Å². The molecule has 6 heteroatoms. The summed E-state index contributed by atoms with van der Waals surface area (Å²) in [5.74, 6) is 0.171. The largest absolute Gasteiger partial charge is 0.504 e. The molecule has 21 heavy (non-hydrogen) atoms. The molecule has 110 valence electrons. The Morgan fingerprint density at radius 2 is 1.90 bits per heavy atom. The fraction of sp³-hybridized carbons (Fsp3) is 0.533. The van der Waals surface area contributed by atoms with E-state index in [1.54, 1.807) is 12.1 Å². The van der Waals surface area contributed by atoms with Crippen molar-refractivity contribution in [3.05, 3.63) is 23.8 Å². The van der Waals surface area contributed by atoms with E-state index in [1.165, 1.54) is 0 Å². The van der Waals surface area contributed by atoms with E-state index in [9.17, 15) is 15.0 Å². The molecular weight excluding hydrogens is 522 g/mol. The number of carbonyl (C=O) groups is 1. The van der Waals surface area contributed by atoms with Crippen LogP contribution in [-0.4, -0.2) is 40.5 Å². The molecule has 2 N–H and O–H groups in total. The van der Waals surface area contributed by atoms with Crippen LogP contribution in [0.5, 0.6) is 11.5 Å². The molecule has 1 saturated heterocycles. The van der Waals surface area contributed by atoms with Crippen molar-refractivity contribution in [1.29, 1.82) is 0 Å². The third kappa shape index (κ3) is 3.66. The van der Waals surface area contributed by atoms with Gasteiger partial charge < -0.3 is 15.1 Å². The van der Waals surface area contributed by atoms with Gasteiger partial charge in [-0.25, -0.2) is 0 Å². The molecule has 0 unspecified atom stereocenters. The van der Waals surface area contributed by atoms with Crippen LogP contribution in [0.4, 0.5) is 0 Å². The van der Waals surface area contributed by atoms with E-state index in [4.69, 9.17) is 0 Å². The van der Waals surface area contributed by atoms with Crippen molar-refractivity contribution in [2.24, 2.45) is 0 Å². The maximum atomic E-state index is 11.7. The molecule has 0 amide bonds. The number of aromatic hydroxyl groups is 2. The summed E-state index contributed by atoms with van der Waals surface area (Å²) >= 11 is 0. The number of fused-ring (bicyclic) bond motifs is 1. The van der Waals surface area contributed by atoms with Gasteiger partial charge in [0.15, 0.2) is 11.5 Å². The molecule has 0 spiro atoms. The molecule has 0 bridgehead atoms. The number of Topliss-reactive ketones (excluding diaryl/α,β-unsaturated/α-hetero) is 1. The first-order valence-corrected chi connectivity index (χ1v) is 6.77. The third-order valence-electron chi connectivity index (χ3n) is 4.90. The van der Waals surface area contributed by atoms with Gasteiger partial charge in [0.2, 0.25) is 0 Å². The zero-order valence-electron chi connectivity index (χ0n) is 12.1. The number of rotatable bonds is 1. The Bertz CT molecular complexity index is 538. The molecule has 2 fully saturated rings. The average Bonchev–Trinajstić information content (AvgIpc) is 2.72. The molecule has 0 radical (unpaired) electrons. The fourth-order valence-electron chi connectivity index (χ4n) is 3.76. The number of benzene rings is 1. The Morgan fingerprint density at radius 1 is 1.19 bits per heavy atom. The summed E-state index contributed by atoms with van der Waals surface area (Å²) < 4.78 is 0. The summed E-state index contributed by atoms with van der Waals surface area (Å²) in [5.41, 5.74) is 0.998. The van der Waals surface area contributed by atoms with Crippen LogP contribution in [0, 0.1) is 83.5 Å². The molecule has 1 aromatic carbocycles. The molecule has 2 aliphatic rings. The van der Waals surface area contributed by atoms with Gasteiger partial charge in [-0.15, -0.1) is 0 Å². The number of hydrogen-bond acceptors (Lipinski definition) is 4. The number of nitrogens with zero attached hydrogens (tertiary/aromatic N) is 1. The van der Waals surface area contributed by atoms with Gasteiger partial charge in [0.25, 0.3) is 0 Å². The van der Waals surface area contributed by atoms with Gasteiger partial charge in [0.1, 0.15) is 5.78 Å². The van der Waals surface area contributed by atoms with Crippen LogP contribution in [-0.2, 0) is 10.2 Å². The molecule has 3 rings (SSSR count). The van der Waals surface area contributed by atoms with Crippen molar-refractivity contribution < 1.29 is 98.5 Å². The number of hydrogen-bond donors (Lipinski definition) is 2. The quantitative estimate of drug-likeness (QED) is 0.533. The van der Waals surface area contributed by atoms with E-state index >= 15 is 0 Å². The standard InChI is InChI=1S/C15H19NO3.2Ce/c1-16-7-6-15(5-4-11(17)9-14(15)16)10-2-3-12(18)13(19)8-10;;/h2-3,8,14,18-19H,4-7,9H2,1H3;;/t14-,15-;;/m0../s1. The zero-order chi connectivity index (χ0) is 13.6. The van der Waals surface area contributed by atoms with Crippen molar-refractivity contribution in [2.75, 3.05) is 13.6 Å². The van der Waals surface area contributed by atoms with E-state index in [2.05, 4.69) is 11.9 Å². The van der Waals surface area contributed by atoms with Crippen molar-refractivity contribution in [3.63, 3.8) is 0 Å². The van der Waals surface area contributed by atoms with Crippen LogP contribution < -0.4 is 0 Å². The second kappa shape index (κ2) is 7.85. The summed E-state index contributed by atoms with van der Waals surface area (Å²) in [6, 6.07) is 5.32. The number of likely N-dealkylation sites (N-methyl/N-ethyl adjacent to an activating group) is 1. The van der Waals surface area contributed by atoms with Crippen LogP contribution >= 0.6 is 0 Å². The van der Waals surface area contributed by atoms with Gasteiger partial charge in [0, 0.05) is 108 Å². The third-order valence-corrected chi connectivity index (χ3v) is 4.90. The van der Waals surface area contributed by atoms with Crippen molar-refractivity contribution in [3.8, 4) is 11.5 Å².